The van der Waals surface area contributed by atoms with Gasteiger partial charge in [-0.25, -0.2) is 0 Å². The van der Waals surface area contributed by atoms with Crippen LogP contribution < -0.4 is 0 Å². The van der Waals surface area contributed by atoms with E-state index in [1.165, 1.54) is 36.0 Å². The molecule has 0 spiro atoms. The first-order valence-electron chi connectivity index (χ1n) is 6.40. The van der Waals surface area contributed by atoms with Gasteiger partial charge in [-0.1, -0.05) is 0 Å². The van der Waals surface area contributed by atoms with Gasteiger partial charge in [-0.2, -0.15) is 0 Å². The fourth-order valence-electron chi connectivity index (χ4n) is 2.16. The summed E-state index contributed by atoms with van der Waals surface area (Å²) >= 11 is 0.450. The summed E-state index contributed by atoms with van der Waals surface area (Å²) in [6.45, 7) is 8.93. The van der Waals surface area contributed by atoms with Crippen molar-refractivity contribution in [2.45, 2.75) is 52.9 Å². The molecule has 1 atom stereocenters. The van der Waals surface area contributed by atoms with E-state index >= 15 is 0 Å². The van der Waals surface area contributed by atoms with E-state index in [0.717, 1.165) is 0 Å². The van der Waals surface area contributed by atoms with Crippen LogP contribution in [0.15, 0.2) is 18.2 Å². The fraction of sp³-hybridized carbons (Fsp3) is 0.500. The van der Waals surface area contributed by atoms with Crippen molar-refractivity contribution >= 4 is 23.9 Å². The van der Waals surface area contributed by atoms with Gasteiger partial charge in [0, 0.05) is 0 Å². The summed E-state index contributed by atoms with van der Waals surface area (Å²) in [4.78, 5) is 0. The predicted octanol–water partition coefficient (Wildman–Crippen LogP) is 3.91. The van der Waals surface area contributed by atoms with Crippen LogP contribution in [0.2, 0.25) is 0 Å². The molecule has 0 N–H and O–H groups in total. The molecule has 1 rings (SSSR count). The van der Waals surface area contributed by atoms with Crippen LogP contribution in [-0.4, -0.2) is 23.9 Å². The first-order chi connectivity index (χ1) is 8.08. The minimum atomic E-state index is 0.450. The fourth-order valence-corrected chi connectivity index (χ4v) is 2.83. The Labute approximate surface area is 112 Å². The van der Waals surface area contributed by atoms with Crippen molar-refractivity contribution < 1.29 is 0 Å². The van der Waals surface area contributed by atoms with Crippen molar-refractivity contribution in [3.63, 3.8) is 0 Å². The maximum absolute atomic E-state index is 4.05. The normalized spacial score (nSPS) is 12.2. The van der Waals surface area contributed by atoms with Crippen molar-refractivity contribution in [1.82, 2.24) is 0 Å². The summed E-state index contributed by atoms with van der Waals surface area (Å²) in [5.41, 5.74) is 8.37. The van der Waals surface area contributed by atoms with Crippen LogP contribution in [0.1, 0.15) is 55.7 Å². The van der Waals surface area contributed by atoms with Crippen molar-refractivity contribution in [1.29, 1.82) is 0 Å². The number of benzene rings is 1. The van der Waals surface area contributed by atoms with Crippen LogP contribution in [0.3, 0.4) is 0 Å². The van der Waals surface area contributed by atoms with E-state index in [4.69, 9.17) is 0 Å². The summed E-state index contributed by atoms with van der Waals surface area (Å²) in [7, 11) is 0. The molecule has 1 aromatic rings. The second-order valence-corrected chi connectivity index (χ2v) is 6.95. The van der Waals surface area contributed by atoms with Gasteiger partial charge in [0.2, 0.25) is 0 Å². The third kappa shape index (κ3) is 4.33. The summed E-state index contributed by atoms with van der Waals surface area (Å²) in [6.07, 6.45) is 3.77. The number of hydrogen-bond donors (Lipinski definition) is 0. The number of hydrogen-bond acceptors (Lipinski definition) is 0. The van der Waals surface area contributed by atoms with Gasteiger partial charge in [0.05, 0.1) is 0 Å². The molecule has 1 aromatic carbocycles. The summed E-state index contributed by atoms with van der Waals surface area (Å²) in [5.74, 6) is 0.697. The monoisotopic (exact) mass is 296 g/mol. The van der Waals surface area contributed by atoms with Gasteiger partial charge in [-0.15, -0.1) is 0 Å². The van der Waals surface area contributed by atoms with E-state index in [1.807, 2.05) is 0 Å². The van der Waals surface area contributed by atoms with Gasteiger partial charge in [0.25, 0.3) is 0 Å². The molecule has 0 nitrogen and oxygen atoms in total. The average molecular weight is 295 g/mol. The molecule has 17 heavy (non-hydrogen) atoms. The van der Waals surface area contributed by atoms with E-state index < -0.39 is 0 Å². The van der Waals surface area contributed by atoms with Crippen molar-refractivity contribution in [3.8, 4) is 0 Å². The third-order valence-electron chi connectivity index (χ3n) is 3.42. The third-order valence-corrected chi connectivity index (χ3v) is 4.80. The number of aryl methyl sites for hydroxylation is 2. The van der Waals surface area contributed by atoms with Crippen molar-refractivity contribution in [2.75, 3.05) is 0 Å². The van der Waals surface area contributed by atoms with E-state index in [0.29, 0.717) is 20.0 Å². The minimum absolute atomic E-state index is 0.450. The molecule has 0 amide bonds. The van der Waals surface area contributed by atoms with Crippen molar-refractivity contribution in [2.24, 2.45) is 0 Å². The predicted molar refractivity (Wildman–Crippen MR) is 81.7 cm³/mol. The molecule has 1 heteroatoms. The Hall–Kier alpha value is -0.521. The van der Waals surface area contributed by atoms with Gasteiger partial charge >= 0.3 is 112 Å². The molecule has 0 radical (unpaired) electrons. The molecule has 0 heterocycles. The van der Waals surface area contributed by atoms with Gasteiger partial charge < -0.3 is 0 Å². The van der Waals surface area contributed by atoms with Crippen LogP contribution >= 0.6 is 0 Å². The zero-order chi connectivity index (χ0) is 12.8. The van der Waals surface area contributed by atoms with Crippen LogP contribution in [0.5, 0.6) is 0 Å². The molecular formula is C16H24Se. The van der Waals surface area contributed by atoms with Gasteiger partial charge in [0.1, 0.15) is 0 Å². The summed E-state index contributed by atoms with van der Waals surface area (Å²) in [6, 6.07) is 6.95. The molecule has 0 fully saturated rings. The topological polar surface area (TPSA) is 0 Å². The zero-order valence-corrected chi connectivity index (χ0v) is 13.3. The maximum atomic E-state index is 4.05. The van der Waals surface area contributed by atoms with Crippen LogP contribution in [0.4, 0.5) is 0 Å². The molecule has 0 aromatic heterocycles. The molecule has 1 unspecified atom stereocenters. The Morgan fingerprint density at radius 2 is 2.00 bits per heavy atom. The van der Waals surface area contributed by atoms with Gasteiger partial charge in [-0.3, -0.25) is 0 Å². The number of rotatable bonds is 5. The average Bonchev–Trinajstić information content (AvgIpc) is 2.32. The Kier molecular flexibility index (Phi) is 6.02. The Bertz CT molecular complexity index is 425. The molecule has 0 aliphatic rings. The van der Waals surface area contributed by atoms with E-state index in [9.17, 15) is 0 Å². The van der Waals surface area contributed by atoms with Crippen LogP contribution in [0, 0.1) is 13.8 Å². The Morgan fingerprint density at radius 3 is 2.53 bits per heavy atom. The second-order valence-electron chi connectivity index (χ2n) is 4.88. The molecule has 0 saturated carbocycles. The molecule has 0 bridgehead atoms. The molecule has 0 saturated heterocycles. The SMILES string of the molecule is C=[Se]=C(C)CC(CCC)c1ccc(C)c(C)c1. The summed E-state index contributed by atoms with van der Waals surface area (Å²) in [5, 5.41) is 0. The van der Waals surface area contributed by atoms with Crippen molar-refractivity contribution in [3.05, 3.63) is 34.9 Å². The molecule has 0 aliphatic carbocycles. The first kappa shape index (κ1) is 14.5. The zero-order valence-electron chi connectivity index (χ0n) is 11.5. The Morgan fingerprint density at radius 1 is 1.29 bits per heavy atom. The van der Waals surface area contributed by atoms with E-state index in [2.05, 4.69) is 51.3 Å². The van der Waals surface area contributed by atoms with Crippen LogP contribution in [0.25, 0.3) is 0 Å². The molecule has 94 valence electrons. The standard InChI is InChI=1S/C16H24Se/c1-6-7-15(11-14(4)17-5)16-9-8-12(2)13(3)10-16/h8-10,15H,5-7,11H2,1-4H3. The second kappa shape index (κ2) is 7.03. The summed E-state index contributed by atoms with van der Waals surface area (Å²) < 4.78 is 1.58. The molecular weight excluding hydrogens is 271 g/mol. The van der Waals surface area contributed by atoms with E-state index in [1.54, 1.807) is 4.42 Å². The first-order valence-corrected chi connectivity index (χ1v) is 8.46. The van der Waals surface area contributed by atoms with E-state index in [-0.39, 0.29) is 0 Å². The van der Waals surface area contributed by atoms with Gasteiger partial charge in [-0.05, 0) is 0 Å². The van der Waals surface area contributed by atoms with Crippen LogP contribution in [-0.2, 0) is 0 Å². The van der Waals surface area contributed by atoms with Gasteiger partial charge in [0.15, 0.2) is 0 Å². The Balaban J connectivity index is 2.96. The quantitative estimate of drug-likeness (QED) is 0.723. The molecule has 0 aliphatic heterocycles.